The average Bonchev–Trinajstić information content (AvgIpc) is 2.55. The van der Waals surface area contributed by atoms with Crippen molar-refractivity contribution in [2.45, 2.75) is 6.42 Å². The Balaban J connectivity index is 2.17. The highest BCUT2D eigenvalue weighted by molar-refractivity contribution is 6.18. The van der Waals surface area contributed by atoms with Crippen LogP contribution in [0.25, 0.3) is 22.0 Å². The van der Waals surface area contributed by atoms with Crippen LogP contribution in [0.1, 0.15) is 5.69 Å². The highest BCUT2D eigenvalue weighted by Gasteiger charge is 2.09. The Bertz CT molecular complexity index is 794. The van der Waals surface area contributed by atoms with Gasteiger partial charge in [-0.25, -0.2) is 0 Å². The maximum absolute atomic E-state index is 12.7. The van der Waals surface area contributed by atoms with Crippen molar-refractivity contribution in [1.82, 2.24) is 4.98 Å². The number of halogens is 2. The lowest BCUT2D eigenvalue weighted by Crippen LogP contribution is -1.97. The van der Waals surface area contributed by atoms with Crippen molar-refractivity contribution in [2.75, 3.05) is 6.67 Å². The third-order valence-electron chi connectivity index (χ3n) is 3.43. The summed E-state index contributed by atoms with van der Waals surface area (Å²) in [5, 5.41) is 1.96. The molecule has 3 rings (SSSR count). The van der Waals surface area contributed by atoms with E-state index < -0.39 is 6.67 Å². The highest BCUT2D eigenvalue weighted by Crippen LogP contribution is 2.30. The van der Waals surface area contributed by atoms with Gasteiger partial charge in [-0.3, -0.25) is 13.7 Å². The molecule has 0 saturated carbocycles. The molecule has 1 aromatic heterocycles. The van der Waals surface area contributed by atoms with Crippen LogP contribution in [0.4, 0.5) is 8.71 Å². The van der Waals surface area contributed by atoms with Crippen molar-refractivity contribution in [3.8, 4) is 17.0 Å². The molecular formula is C17H13BF2NO. The van der Waals surface area contributed by atoms with Gasteiger partial charge in [-0.05, 0) is 23.6 Å². The lowest BCUT2D eigenvalue weighted by Gasteiger charge is -2.10. The summed E-state index contributed by atoms with van der Waals surface area (Å²) < 4.78 is 29.7. The Morgan fingerprint density at radius 3 is 2.73 bits per heavy atom. The molecule has 109 valence electrons. The molecule has 0 amide bonds. The number of fused-ring (bicyclic) bond motifs is 1. The molecule has 1 radical (unpaired) electrons. The van der Waals surface area contributed by atoms with Gasteiger partial charge in [-0.15, -0.1) is 0 Å². The van der Waals surface area contributed by atoms with Gasteiger partial charge in [0.05, 0.1) is 12.4 Å². The number of benzene rings is 2. The van der Waals surface area contributed by atoms with Crippen molar-refractivity contribution in [2.24, 2.45) is 0 Å². The van der Waals surface area contributed by atoms with Gasteiger partial charge in [0.1, 0.15) is 5.75 Å². The zero-order valence-corrected chi connectivity index (χ0v) is 11.8. The maximum atomic E-state index is 12.7. The van der Waals surface area contributed by atoms with E-state index in [4.69, 9.17) is 4.65 Å². The van der Waals surface area contributed by atoms with E-state index in [-0.39, 0.29) is 14.2 Å². The monoisotopic (exact) mass is 296 g/mol. The summed E-state index contributed by atoms with van der Waals surface area (Å²) in [5.41, 5.74) is 2.24. The number of hydrogen-bond donors (Lipinski definition) is 0. The quantitative estimate of drug-likeness (QED) is 0.655. The minimum Gasteiger partial charge on any atom is -0.534 e. The molecule has 2 aromatic carbocycles. The standard InChI is InChI=1S/C17H13BF2NO/c19-9-8-14-10-12-4-1-2-7-16(12)17(21-14)13-5-3-6-15(11-13)22-18-20/h1-7,10-11H,8-9H2. The zero-order chi connectivity index (χ0) is 15.4. The van der Waals surface area contributed by atoms with Gasteiger partial charge in [-0.1, -0.05) is 36.4 Å². The average molecular weight is 296 g/mol. The zero-order valence-electron chi connectivity index (χ0n) is 11.8. The molecule has 5 heteroatoms. The topological polar surface area (TPSA) is 22.1 Å². The Labute approximate surface area is 128 Å². The number of nitrogens with zero attached hydrogens (tertiary/aromatic N) is 1. The summed E-state index contributed by atoms with van der Waals surface area (Å²) in [5.74, 6) is 0.391. The molecule has 0 N–H and O–H groups in total. The lowest BCUT2D eigenvalue weighted by molar-refractivity contribution is 0.492. The minimum absolute atomic E-state index is 0.143. The normalized spacial score (nSPS) is 10.6. The molecule has 0 aliphatic rings. The lowest BCUT2D eigenvalue weighted by atomic mass is 10.0. The smallest absolute Gasteiger partial charge is 0.534 e. The fraction of sp³-hybridized carbons (Fsp3) is 0.118. The Kier molecular flexibility index (Phi) is 4.33. The summed E-state index contributed by atoms with van der Waals surface area (Å²) >= 11 is 0. The molecule has 0 aliphatic heterocycles. The SMILES string of the molecule is F[B]Oc1cccc(-c2nc(CCF)cc3ccccc23)c1. The van der Waals surface area contributed by atoms with Crippen molar-refractivity contribution >= 4 is 18.5 Å². The predicted molar refractivity (Wildman–Crippen MR) is 84.3 cm³/mol. The second-order valence-corrected chi connectivity index (χ2v) is 4.86. The number of alkyl halides is 1. The molecule has 1 heterocycles. The second-order valence-electron chi connectivity index (χ2n) is 4.86. The third kappa shape index (κ3) is 2.93. The van der Waals surface area contributed by atoms with E-state index in [1.54, 1.807) is 18.2 Å². The van der Waals surface area contributed by atoms with E-state index in [1.165, 1.54) is 0 Å². The fourth-order valence-electron chi connectivity index (χ4n) is 2.47. The summed E-state index contributed by atoms with van der Waals surface area (Å²) in [6.07, 6.45) is 0.270. The molecule has 0 spiro atoms. The highest BCUT2D eigenvalue weighted by atomic mass is 19.1. The number of hydrogen-bond acceptors (Lipinski definition) is 2. The van der Waals surface area contributed by atoms with Crippen molar-refractivity contribution in [1.29, 1.82) is 0 Å². The van der Waals surface area contributed by atoms with Gasteiger partial charge in [-0.2, -0.15) is 0 Å². The number of pyridine rings is 1. The number of aryl methyl sites for hydroxylation is 1. The Morgan fingerprint density at radius 1 is 1.05 bits per heavy atom. The van der Waals surface area contributed by atoms with Crippen LogP contribution in [0, 0.1) is 0 Å². The van der Waals surface area contributed by atoms with Gasteiger partial charge in [0.15, 0.2) is 0 Å². The van der Waals surface area contributed by atoms with Crippen LogP contribution in [-0.4, -0.2) is 19.4 Å². The first kappa shape index (κ1) is 14.5. The third-order valence-corrected chi connectivity index (χ3v) is 3.43. The molecule has 0 bridgehead atoms. The molecule has 0 fully saturated rings. The summed E-state index contributed by atoms with van der Waals surface area (Å²) in [6.45, 7) is -0.454. The fourth-order valence-corrected chi connectivity index (χ4v) is 2.47. The van der Waals surface area contributed by atoms with Gasteiger partial charge >= 0.3 is 7.76 Å². The van der Waals surface area contributed by atoms with Gasteiger partial charge in [0.2, 0.25) is 0 Å². The van der Waals surface area contributed by atoms with Crippen LogP contribution in [-0.2, 0) is 6.42 Å². The summed E-state index contributed by atoms with van der Waals surface area (Å²) in [6, 6.07) is 16.7. The van der Waals surface area contributed by atoms with Crippen LogP contribution >= 0.6 is 0 Å². The van der Waals surface area contributed by atoms with E-state index in [1.807, 2.05) is 36.4 Å². The van der Waals surface area contributed by atoms with Gasteiger partial charge in [0, 0.05) is 23.1 Å². The Morgan fingerprint density at radius 2 is 1.91 bits per heavy atom. The van der Waals surface area contributed by atoms with Gasteiger partial charge in [0.25, 0.3) is 0 Å². The first-order valence-corrected chi connectivity index (χ1v) is 6.95. The first-order chi connectivity index (χ1) is 10.8. The molecule has 0 unspecified atom stereocenters. The number of rotatable bonds is 5. The van der Waals surface area contributed by atoms with E-state index >= 15 is 0 Å². The van der Waals surface area contributed by atoms with Crippen LogP contribution < -0.4 is 4.65 Å². The van der Waals surface area contributed by atoms with Crippen molar-refractivity contribution < 1.29 is 13.4 Å². The van der Waals surface area contributed by atoms with Crippen molar-refractivity contribution in [3.63, 3.8) is 0 Å². The van der Waals surface area contributed by atoms with Crippen LogP contribution in [0.5, 0.6) is 5.75 Å². The molecule has 0 aliphatic carbocycles. The molecule has 2 nitrogen and oxygen atoms in total. The molecule has 3 aromatic rings. The van der Waals surface area contributed by atoms with Crippen LogP contribution in [0.15, 0.2) is 54.6 Å². The largest absolute Gasteiger partial charge is 0.615 e. The van der Waals surface area contributed by atoms with E-state index in [0.717, 1.165) is 22.0 Å². The number of aromatic nitrogens is 1. The molecule has 0 saturated heterocycles. The van der Waals surface area contributed by atoms with Crippen molar-refractivity contribution in [3.05, 3.63) is 60.3 Å². The van der Waals surface area contributed by atoms with E-state index in [0.29, 0.717) is 11.4 Å². The van der Waals surface area contributed by atoms with E-state index in [9.17, 15) is 8.71 Å². The minimum atomic E-state index is -0.454. The summed E-state index contributed by atoms with van der Waals surface area (Å²) in [7, 11) is 0.143. The molecular weight excluding hydrogens is 283 g/mol. The molecule has 0 atom stereocenters. The Hall–Kier alpha value is -2.43. The van der Waals surface area contributed by atoms with Crippen LogP contribution in [0.2, 0.25) is 0 Å². The maximum Gasteiger partial charge on any atom is 0.615 e. The van der Waals surface area contributed by atoms with Gasteiger partial charge < -0.3 is 4.65 Å². The summed E-state index contributed by atoms with van der Waals surface area (Å²) in [4.78, 5) is 4.56. The molecule has 22 heavy (non-hydrogen) atoms. The predicted octanol–water partition coefficient (Wildman–Crippen LogP) is 4.30. The second kappa shape index (κ2) is 6.56. The van der Waals surface area contributed by atoms with Crippen LogP contribution in [0.3, 0.4) is 0 Å². The first-order valence-electron chi connectivity index (χ1n) is 6.95. The van der Waals surface area contributed by atoms with E-state index in [2.05, 4.69) is 4.98 Å².